The quantitative estimate of drug-likeness (QED) is 0.224. The maximum atomic E-state index is 14.4. The van der Waals surface area contributed by atoms with Gasteiger partial charge < -0.3 is 0 Å². The van der Waals surface area contributed by atoms with Crippen molar-refractivity contribution < 1.29 is 28.8 Å². The fourth-order valence-corrected chi connectivity index (χ4v) is 17.7. The molecule has 5 rings (SSSR count). The molecular weight excluding hydrogens is 675 g/mol. The van der Waals surface area contributed by atoms with Crippen LogP contribution < -0.4 is 10.5 Å². The Morgan fingerprint density at radius 2 is 0.795 bits per heavy atom. The van der Waals surface area contributed by atoms with Crippen LogP contribution in [0, 0.1) is 80.7 Å². The molecule has 4 nitrogen and oxygen atoms in total. The standard InChI is InChI=1S/2C9H9O2.3C6H4F.Sb/c2*1-7(6-9(10)11)8-4-2-3-5-8;3*7-6-4-2-1-3-5-6;/h2*2-6H,1H3,(H,10,11);3*2-5H;/q;;;;;+2/p-2/b2*7-6+;;;;. The molecule has 2 fully saturated rings. The summed E-state index contributed by atoms with van der Waals surface area (Å²) in [4.78, 5) is 28.0. The summed E-state index contributed by atoms with van der Waals surface area (Å²) in [5, 5.41) is 0. The van der Waals surface area contributed by atoms with Crippen LogP contribution in [0.3, 0.4) is 0 Å². The molecule has 0 spiro atoms. The van der Waals surface area contributed by atoms with Crippen molar-refractivity contribution in [1.82, 2.24) is 0 Å². The van der Waals surface area contributed by atoms with Crippen molar-refractivity contribution in [3.8, 4) is 0 Å². The van der Waals surface area contributed by atoms with Gasteiger partial charge in [-0.25, -0.2) is 0 Å². The molecule has 0 saturated heterocycles. The van der Waals surface area contributed by atoms with Crippen LogP contribution in [0.2, 0.25) is 0 Å². The van der Waals surface area contributed by atoms with Crippen LogP contribution in [0.15, 0.2) is 96.1 Å². The van der Waals surface area contributed by atoms with Gasteiger partial charge >= 0.3 is 260 Å². The van der Waals surface area contributed by atoms with E-state index in [1.165, 1.54) is 48.6 Å². The van der Waals surface area contributed by atoms with E-state index in [-0.39, 0.29) is 10.5 Å². The van der Waals surface area contributed by atoms with Gasteiger partial charge in [-0.15, -0.1) is 0 Å². The summed E-state index contributed by atoms with van der Waals surface area (Å²) in [6, 6.07) is 15.2. The van der Waals surface area contributed by atoms with Crippen molar-refractivity contribution in [1.29, 1.82) is 0 Å². The zero-order valence-electron chi connectivity index (χ0n) is 23.9. The Kier molecular flexibility index (Phi) is 9.74. The molecule has 0 atom stereocenters. The van der Waals surface area contributed by atoms with Gasteiger partial charge in [0, 0.05) is 0 Å². The van der Waals surface area contributed by atoms with Crippen molar-refractivity contribution >= 4 is 40.7 Å². The summed E-state index contributed by atoms with van der Waals surface area (Å²) >= 11 is -6.52. The Morgan fingerprint density at radius 3 is 1.07 bits per heavy atom. The van der Waals surface area contributed by atoms with Crippen LogP contribution in [-0.4, -0.2) is 30.2 Å². The van der Waals surface area contributed by atoms with Gasteiger partial charge in [0.05, 0.1) is 0 Å². The first kappa shape index (κ1) is 32.1. The number of rotatable bonds is 9. The van der Waals surface area contributed by atoms with Gasteiger partial charge in [-0.1, -0.05) is 0 Å². The second-order valence-corrected chi connectivity index (χ2v) is 21.1. The summed E-state index contributed by atoms with van der Waals surface area (Å²) in [6.07, 6.45) is 17.1. The number of benzene rings is 3. The molecule has 2 aliphatic carbocycles. The third kappa shape index (κ3) is 6.40. The van der Waals surface area contributed by atoms with Crippen LogP contribution in [-0.2, 0) is 15.6 Å². The number of carbonyl (C=O) groups is 2. The molecule has 0 N–H and O–H groups in total. The SMILES string of the molecule is C/C(=C\C(=O)[O][Sb]([O]C(=O)/C=C(\C)[C]1[CH][CH][CH][CH]1)([c]1ccc(F)cc1)([c]1ccc(F)cc1)[c]1ccc(F)cc1)[C]1[CH][CH][CH][CH]1. The van der Waals surface area contributed by atoms with Crippen molar-refractivity contribution in [2.75, 3.05) is 0 Å². The van der Waals surface area contributed by atoms with Gasteiger partial charge in [0.15, 0.2) is 0 Å². The van der Waals surface area contributed by atoms with Gasteiger partial charge in [0.2, 0.25) is 0 Å². The van der Waals surface area contributed by atoms with Crippen LogP contribution >= 0.6 is 0 Å². The van der Waals surface area contributed by atoms with E-state index in [4.69, 9.17) is 6.03 Å². The summed E-state index contributed by atoms with van der Waals surface area (Å²) in [6.45, 7) is 3.45. The minimum atomic E-state index is -6.52. The van der Waals surface area contributed by atoms with Crippen molar-refractivity contribution in [2.24, 2.45) is 0 Å². The average molecular weight is 703 g/mol. The molecule has 0 heterocycles. The Hall–Kier alpha value is -3.31. The third-order valence-electron chi connectivity index (χ3n) is 7.32. The fraction of sp³-hybridized carbons (Fsp3) is 0.0556. The van der Waals surface area contributed by atoms with E-state index in [1.807, 2.05) is 51.4 Å². The third-order valence-corrected chi connectivity index (χ3v) is 20.9. The molecule has 0 aromatic heterocycles. The number of carbonyl (C=O) groups excluding carboxylic acids is 2. The summed E-state index contributed by atoms with van der Waals surface area (Å²) < 4.78 is 56.8. The Labute approximate surface area is 259 Å². The molecule has 222 valence electrons. The number of allylic oxidation sites excluding steroid dienone is 2. The predicted octanol–water partition coefficient (Wildman–Crippen LogP) is 5.31. The van der Waals surface area contributed by atoms with E-state index in [9.17, 15) is 22.8 Å². The molecule has 0 amide bonds. The van der Waals surface area contributed by atoms with Crippen molar-refractivity contribution in [3.05, 3.63) is 177 Å². The number of halogens is 3. The molecule has 8 heteroatoms. The molecule has 0 unspecified atom stereocenters. The Balaban J connectivity index is 1.79. The summed E-state index contributed by atoms with van der Waals surface area (Å²) in [5.41, 5.74) is 1.15. The van der Waals surface area contributed by atoms with Gasteiger partial charge in [-0.3, -0.25) is 0 Å². The molecule has 10 radical (unpaired) electrons. The topological polar surface area (TPSA) is 52.6 Å². The molecule has 0 aliphatic heterocycles. The molecule has 44 heavy (non-hydrogen) atoms. The Morgan fingerprint density at radius 1 is 0.523 bits per heavy atom. The van der Waals surface area contributed by atoms with Crippen LogP contribution in [0.4, 0.5) is 13.2 Å². The molecule has 0 bridgehead atoms. The number of hydrogen-bond acceptors (Lipinski definition) is 4. The second kappa shape index (κ2) is 13.4. The summed E-state index contributed by atoms with van der Waals surface area (Å²) in [5.74, 6) is -1.92. The van der Waals surface area contributed by atoms with E-state index in [0.29, 0.717) is 11.1 Å². The number of hydrogen-bond donors (Lipinski definition) is 0. The van der Waals surface area contributed by atoms with Gasteiger partial charge in [-0.2, -0.15) is 0 Å². The molecule has 3 aromatic carbocycles. The van der Waals surface area contributed by atoms with Gasteiger partial charge in [0.1, 0.15) is 0 Å². The first-order valence-electron chi connectivity index (χ1n) is 13.7. The van der Waals surface area contributed by atoms with E-state index in [2.05, 4.69) is 0 Å². The van der Waals surface area contributed by atoms with Crippen LogP contribution in [0.1, 0.15) is 13.8 Å². The first-order chi connectivity index (χ1) is 21.1. The van der Waals surface area contributed by atoms with E-state index < -0.39 is 47.6 Å². The fourth-order valence-electron chi connectivity index (χ4n) is 5.11. The monoisotopic (exact) mass is 702 g/mol. The zero-order chi connectivity index (χ0) is 31.3. The molecule has 3 aromatic rings. The minimum absolute atomic E-state index is 0.192. The van der Waals surface area contributed by atoms with Gasteiger partial charge in [0.25, 0.3) is 0 Å². The predicted molar refractivity (Wildman–Crippen MR) is 164 cm³/mol. The van der Waals surface area contributed by atoms with E-state index in [0.717, 1.165) is 48.2 Å². The maximum absolute atomic E-state index is 14.4. The van der Waals surface area contributed by atoms with Crippen molar-refractivity contribution in [2.45, 2.75) is 13.8 Å². The van der Waals surface area contributed by atoms with E-state index in [1.54, 1.807) is 13.8 Å². The normalized spacial score (nSPS) is 17.7. The van der Waals surface area contributed by atoms with Crippen LogP contribution in [0.25, 0.3) is 0 Å². The molecule has 2 saturated carbocycles. The summed E-state index contributed by atoms with van der Waals surface area (Å²) in [7, 11) is 0. The zero-order valence-corrected chi connectivity index (χ0v) is 26.5. The molecular formula is C36H28F3O4Sb. The van der Waals surface area contributed by atoms with Gasteiger partial charge in [-0.05, 0) is 0 Å². The average Bonchev–Trinajstić information content (AvgIpc) is 3.73. The van der Waals surface area contributed by atoms with E-state index >= 15 is 0 Å². The van der Waals surface area contributed by atoms with Crippen LogP contribution in [0.5, 0.6) is 0 Å². The Bertz CT molecular complexity index is 1390. The molecule has 2 aliphatic rings. The van der Waals surface area contributed by atoms with Crippen molar-refractivity contribution in [3.63, 3.8) is 0 Å². The first-order valence-corrected chi connectivity index (χ1v) is 19.6. The second-order valence-electron chi connectivity index (χ2n) is 10.2.